The SMILES string of the molecule is CCCC(NC(=O)Cc1ccccc1)C(=O)NCCNC.Cl. The van der Waals surface area contributed by atoms with Gasteiger partial charge in [-0.05, 0) is 19.0 Å². The zero-order chi connectivity index (χ0) is 15.5. The van der Waals surface area contributed by atoms with E-state index in [4.69, 9.17) is 0 Å². The molecule has 0 aliphatic carbocycles. The Bertz CT molecular complexity index is 440. The predicted octanol–water partition coefficient (Wildman–Crippen LogP) is 1.27. The second-order valence-corrected chi connectivity index (χ2v) is 4.97. The molecule has 22 heavy (non-hydrogen) atoms. The van der Waals surface area contributed by atoms with Crippen LogP contribution in [0.1, 0.15) is 25.3 Å². The molecule has 0 fully saturated rings. The van der Waals surface area contributed by atoms with Crippen molar-refractivity contribution in [1.82, 2.24) is 16.0 Å². The normalized spacial score (nSPS) is 11.2. The highest BCUT2D eigenvalue weighted by atomic mass is 35.5. The minimum absolute atomic E-state index is 0. The Hall–Kier alpha value is -1.59. The molecule has 6 heteroatoms. The summed E-state index contributed by atoms with van der Waals surface area (Å²) in [4.78, 5) is 24.1. The third kappa shape index (κ3) is 8.00. The molecule has 3 N–H and O–H groups in total. The van der Waals surface area contributed by atoms with E-state index in [1.54, 1.807) is 0 Å². The van der Waals surface area contributed by atoms with Crippen LogP contribution in [0.25, 0.3) is 0 Å². The van der Waals surface area contributed by atoms with Crippen molar-refractivity contribution in [2.75, 3.05) is 20.1 Å². The Kier molecular flexibility index (Phi) is 11.1. The van der Waals surface area contributed by atoms with E-state index in [9.17, 15) is 9.59 Å². The Morgan fingerprint density at radius 3 is 2.41 bits per heavy atom. The van der Waals surface area contributed by atoms with Crippen LogP contribution >= 0.6 is 12.4 Å². The van der Waals surface area contributed by atoms with Crippen LogP contribution in [-0.2, 0) is 16.0 Å². The van der Waals surface area contributed by atoms with Crippen LogP contribution in [0.3, 0.4) is 0 Å². The quantitative estimate of drug-likeness (QED) is 0.598. The predicted molar refractivity (Wildman–Crippen MR) is 91.2 cm³/mol. The van der Waals surface area contributed by atoms with Crippen LogP contribution < -0.4 is 16.0 Å². The lowest BCUT2D eigenvalue weighted by Crippen LogP contribution is -2.48. The molecule has 1 aromatic carbocycles. The first-order valence-electron chi connectivity index (χ1n) is 7.43. The molecule has 0 aliphatic rings. The lowest BCUT2D eigenvalue weighted by Gasteiger charge is -2.18. The maximum Gasteiger partial charge on any atom is 0.242 e. The van der Waals surface area contributed by atoms with Crippen LogP contribution in [0.5, 0.6) is 0 Å². The molecule has 0 saturated heterocycles. The minimum atomic E-state index is -0.455. The van der Waals surface area contributed by atoms with Gasteiger partial charge in [0.15, 0.2) is 0 Å². The van der Waals surface area contributed by atoms with Crippen molar-refractivity contribution < 1.29 is 9.59 Å². The van der Waals surface area contributed by atoms with Gasteiger partial charge in [0, 0.05) is 13.1 Å². The van der Waals surface area contributed by atoms with Crippen molar-refractivity contribution in [3.8, 4) is 0 Å². The van der Waals surface area contributed by atoms with Crippen LogP contribution in [0.4, 0.5) is 0 Å². The fraction of sp³-hybridized carbons (Fsp3) is 0.500. The van der Waals surface area contributed by atoms with Gasteiger partial charge in [0.1, 0.15) is 6.04 Å². The molecular weight excluding hydrogens is 302 g/mol. The van der Waals surface area contributed by atoms with Gasteiger partial charge in [-0.25, -0.2) is 0 Å². The topological polar surface area (TPSA) is 70.2 Å². The third-order valence-corrected chi connectivity index (χ3v) is 3.11. The summed E-state index contributed by atoms with van der Waals surface area (Å²) < 4.78 is 0. The van der Waals surface area contributed by atoms with Gasteiger partial charge in [-0.2, -0.15) is 0 Å². The Labute approximate surface area is 138 Å². The molecule has 2 amide bonds. The Morgan fingerprint density at radius 2 is 1.82 bits per heavy atom. The molecule has 124 valence electrons. The highest BCUT2D eigenvalue weighted by Crippen LogP contribution is 2.02. The number of hydrogen-bond donors (Lipinski definition) is 3. The van der Waals surface area contributed by atoms with Gasteiger partial charge in [0.2, 0.25) is 11.8 Å². The first kappa shape index (κ1) is 20.4. The summed E-state index contributed by atoms with van der Waals surface area (Å²) >= 11 is 0. The number of nitrogens with one attached hydrogen (secondary N) is 3. The molecule has 0 radical (unpaired) electrons. The van der Waals surface area contributed by atoms with Crippen molar-refractivity contribution in [3.05, 3.63) is 35.9 Å². The van der Waals surface area contributed by atoms with Gasteiger partial charge in [0.05, 0.1) is 6.42 Å². The summed E-state index contributed by atoms with van der Waals surface area (Å²) in [6.45, 7) is 3.27. The molecule has 1 unspecified atom stereocenters. The second-order valence-electron chi connectivity index (χ2n) is 4.97. The van der Waals surface area contributed by atoms with Crippen LogP contribution in [-0.4, -0.2) is 38.0 Å². The number of hydrogen-bond acceptors (Lipinski definition) is 3. The molecule has 0 aromatic heterocycles. The number of carbonyl (C=O) groups excluding carboxylic acids is 2. The number of rotatable bonds is 9. The maximum atomic E-state index is 12.0. The Morgan fingerprint density at radius 1 is 1.14 bits per heavy atom. The molecule has 0 spiro atoms. The molecule has 1 rings (SSSR count). The van der Waals surface area contributed by atoms with E-state index < -0.39 is 6.04 Å². The monoisotopic (exact) mass is 327 g/mol. The van der Waals surface area contributed by atoms with E-state index in [1.807, 2.05) is 44.3 Å². The largest absolute Gasteiger partial charge is 0.353 e. The minimum Gasteiger partial charge on any atom is -0.353 e. The molecule has 0 aliphatic heterocycles. The summed E-state index contributed by atoms with van der Waals surface area (Å²) in [5.41, 5.74) is 0.945. The third-order valence-electron chi connectivity index (χ3n) is 3.11. The molecule has 0 heterocycles. The van der Waals surface area contributed by atoms with Gasteiger partial charge >= 0.3 is 0 Å². The lowest BCUT2D eigenvalue weighted by molar-refractivity contribution is -0.128. The first-order chi connectivity index (χ1) is 10.2. The van der Waals surface area contributed by atoms with Crippen LogP contribution in [0, 0.1) is 0 Å². The number of carbonyl (C=O) groups is 2. The van der Waals surface area contributed by atoms with E-state index in [0.717, 1.165) is 12.0 Å². The van der Waals surface area contributed by atoms with Gasteiger partial charge in [0.25, 0.3) is 0 Å². The average molecular weight is 328 g/mol. The lowest BCUT2D eigenvalue weighted by atomic mass is 10.1. The van der Waals surface area contributed by atoms with Crippen molar-refractivity contribution in [2.45, 2.75) is 32.2 Å². The van der Waals surface area contributed by atoms with E-state index in [-0.39, 0.29) is 24.2 Å². The fourth-order valence-corrected chi connectivity index (χ4v) is 2.02. The number of halogens is 1. The van der Waals surface area contributed by atoms with Gasteiger partial charge in [-0.1, -0.05) is 43.7 Å². The molecular formula is C16H26ClN3O2. The number of benzene rings is 1. The maximum absolute atomic E-state index is 12.0. The van der Waals surface area contributed by atoms with Crippen molar-refractivity contribution in [1.29, 1.82) is 0 Å². The van der Waals surface area contributed by atoms with E-state index >= 15 is 0 Å². The molecule has 0 bridgehead atoms. The number of amides is 2. The first-order valence-corrected chi connectivity index (χ1v) is 7.43. The molecule has 5 nitrogen and oxygen atoms in total. The van der Waals surface area contributed by atoms with Crippen molar-refractivity contribution >= 4 is 24.2 Å². The van der Waals surface area contributed by atoms with E-state index in [2.05, 4.69) is 16.0 Å². The molecule has 1 atom stereocenters. The van der Waals surface area contributed by atoms with Crippen molar-refractivity contribution in [2.24, 2.45) is 0 Å². The van der Waals surface area contributed by atoms with E-state index in [0.29, 0.717) is 25.9 Å². The fourth-order valence-electron chi connectivity index (χ4n) is 2.02. The molecule has 1 aromatic rings. The summed E-state index contributed by atoms with van der Waals surface area (Å²) in [7, 11) is 1.83. The summed E-state index contributed by atoms with van der Waals surface area (Å²) in [6.07, 6.45) is 1.78. The summed E-state index contributed by atoms with van der Waals surface area (Å²) in [5, 5.41) is 8.61. The number of likely N-dealkylation sites (N-methyl/N-ethyl adjacent to an activating group) is 1. The smallest absolute Gasteiger partial charge is 0.242 e. The van der Waals surface area contributed by atoms with Gasteiger partial charge in [-0.15, -0.1) is 12.4 Å². The zero-order valence-corrected chi connectivity index (χ0v) is 14.0. The highest BCUT2D eigenvalue weighted by molar-refractivity contribution is 5.88. The highest BCUT2D eigenvalue weighted by Gasteiger charge is 2.19. The molecule has 0 saturated carbocycles. The van der Waals surface area contributed by atoms with Crippen molar-refractivity contribution in [3.63, 3.8) is 0 Å². The average Bonchev–Trinajstić information content (AvgIpc) is 2.48. The zero-order valence-electron chi connectivity index (χ0n) is 13.2. The van der Waals surface area contributed by atoms with Gasteiger partial charge in [-0.3, -0.25) is 9.59 Å². The van der Waals surface area contributed by atoms with Crippen LogP contribution in [0.15, 0.2) is 30.3 Å². The summed E-state index contributed by atoms with van der Waals surface area (Å²) in [5.74, 6) is -0.239. The Balaban J connectivity index is 0.00000441. The van der Waals surface area contributed by atoms with Gasteiger partial charge < -0.3 is 16.0 Å². The van der Waals surface area contributed by atoms with E-state index in [1.165, 1.54) is 0 Å². The second kappa shape index (κ2) is 12.0. The summed E-state index contributed by atoms with van der Waals surface area (Å²) in [6, 6.07) is 9.06. The standard InChI is InChI=1S/C16H25N3O2.ClH/c1-3-7-14(16(21)18-11-10-17-2)19-15(20)12-13-8-5-4-6-9-13;/h4-6,8-9,14,17H,3,7,10-12H2,1-2H3,(H,18,21)(H,19,20);1H. The van der Waals surface area contributed by atoms with Crippen LogP contribution in [0.2, 0.25) is 0 Å².